The summed E-state index contributed by atoms with van der Waals surface area (Å²) in [4.78, 5) is 11.7. The van der Waals surface area contributed by atoms with Crippen molar-refractivity contribution in [2.75, 3.05) is 5.32 Å². The molecule has 1 N–H and O–H groups in total. The van der Waals surface area contributed by atoms with Crippen molar-refractivity contribution in [2.24, 2.45) is 0 Å². The minimum atomic E-state index is -0.465. The molecule has 0 saturated carbocycles. The normalized spacial score (nSPS) is 11.0. The fourth-order valence-electron chi connectivity index (χ4n) is 2.32. The van der Waals surface area contributed by atoms with Gasteiger partial charge in [-0.2, -0.15) is 0 Å². The molecule has 3 nitrogen and oxygen atoms in total. The van der Waals surface area contributed by atoms with E-state index in [4.69, 9.17) is 27.6 Å². The first-order chi connectivity index (χ1) is 10.9. The highest BCUT2D eigenvalue weighted by Gasteiger charge is 2.09. The van der Waals surface area contributed by atoms with Gasteiger partial charge in [0.15, 0.2) is 0 Å². The van der Waals surface area contributed by atoms with Crippen LogP contribution in [0.5, 0.6) is 0 Å². The van der Waals surface area contributed by atoms with E-state index in [0.717, 1.165) is 5.56 Å². The van der Waals surface area contributed by atoms with Crippen LogP contribution in [0.2, 0.25) is 10.0 Å². The first kappa shape index (κ1) is 15.8. The summed E-state index contributed by atoms with van der Waals surface area (Å²) in [7, 11) is 0. The zero-order chi connectivity index (χ0) is 16.6. The van der Waals surface area contributed by atoms with Gasteiger partial charge < -0.3 is 9.73 Å². The molecule has 0 spiro atoms. The molecule has 0 unspecified atom stereocenters. The van der Waals surface area contributed by atoms with Crippen LogP contribution >= 0.6 is 23.2 Å². The lowest BCUT2D eigenvalue weighted by molar-refractivity contribution is 0.559. The van der Waals surface area contributed by atoms with Crippen molar-refractivity contribution in [3.8, 4) is 0 Å². The van der Waals surface area contributed by atoms with Gasteiger partial charge in [0.2, 0.25) is 0 Å². The van der Waals surface area contributed by atoms with E-state index in [0.29, 0.717) is 32.3 Å². The van der Waals surface area contributed by atoms with Crippen molar-refractivity contribution in [3.05, 3.63) is 73.8 Å². The zero-order valence-corrected chi connectivity index (χ0v) is 13.6. The van der Waals surface area contributed by atoms with E-state index in [1.165, 1.54) is 12.1 Å². The average Bonchev–Trinajstić information content (AvgIpc) is 2.48. The fraction of sp³-hybridized carbons (Fsp3) is 0.118. The number of hydrogen-bond donors (Lipinski definition) is 1. The van der Waals surface area contributed by atoms with Gasteiger partial charge in [0, 0.05) is 28.0 Å². The van der Waals surface area contributed by atoms with E-state index < -0.39 is 11.4 Å². The number of aryl methyl sites for hydroxylation is 1. The van der Waals surface area contributed by atoms with Crippen LogP contribution in [-0.4, -0.2) is 0 Å². The summed E-state index contributed by atoms with van der Waals surface area (Å²) in [6.45, 7) is 2.08. The maximum Gasteiger partial charge on any atom is 0.336 e. The summed E-state index contributed by atoms with van der Waals surface area (Å²) in [5, 5.41) is 4.56. The van der Waals surface area contributed by atoms with Crippen LogP contribution < -0.4 is 10.9 Å². The smallest absolute Gasteiger partial charge is 0.336 e. The Labute approximate surface area is 141 Å². The van der Waals surface area contributed by atoms with Gasteiger partial charge in [-0.1, -0.05) is 23.2 Å². The molecule has 0 atom stereocenters. The minimum Gasteiger partial charge on any atom is -0.423 e. The summed E-state index contributed by atoms with van der Waals surface area (Å²) < 4.78 is 19.0. The first-order valence-corrected chi connectivity index (χ1v) is 7.61. The molecular weight excluding hydrogens is 340 g/mol. The maximum absolute atomic E-state index is 13.8. The molecule has 0 aliphatic rings. The Balaban J connectivity index is 1.99. The molecule has 2 aromatic carbocycles. The van der Waals surface area contributed by atoms with Gasteiger partial charge in [0.25, 0.3) is 0 Å². The molecule has 23 heavy (non-hydrogen) atoms. The molecule has 3 aromatic rings. The Bertz CT molecular complexity index is 953. The summed E-state index contributed by atoms with van der Waals surface area (Å²) in [6, 6.07) is 9.18. The molecule has 0 radical (unpaired) electrons. The van der Waals surface area contributed by atoms with Crippen LogP contribution in [-0.2, 0) is 6.54 Å². The van der Waals surface area contributed by atoms with Gasteiger partial charge in [0.1, 0.15) is 11.4 Å². The highest BCUT2D eigenvalue weighted by atomic mass is 35.5. The third-order valence-corrected chi connectivity index (χ3v) is 4.15. The van der Waals surface area contributed by atoms with Crippen LogP contribution in [0.15, 0.2) is 45.6 Å². The third kappa shape index (κ3) is 3.33. The van der Waals surface area contributed by atoms with Crippen LogP contribution in [0.4, 0.5) is 10.1 Å². The lowest BCUT2D eigenvalue weighted by Crippen LogP contribution is -2.07. The number of benzene rings is 2. The number of hydrogen-bond acceptors (Lipinski definition) is 3. The summed E-state index contributed by atoms with van der Waals surface area (Å²) in [5.74, 6) is -0.460. The summed E-state index contributed by atoms with van der Waals surface area (Å²) >= 11 is 11.9. The van der Waals surface area contributed by atoms with Gasteiger partial charge >= 0.3 is 5.63 Å². The molecule has 6 heteroatoms. The first-order valence-electron chi connectivity index (χ1n) is 6.86. The van der Waals surface area contributed by atoms with Crippen molar-refractivity contribution >= 4 is 39.9 Å². The lowest BCUT2D eigenvalue weighted by Gasteiger charge is -2.10. The Morgan fingerprint density at radius 3 is 2.70 bits per heavy atom. The molecule has 0 amide bonds. The topological polar surface area (TPSA) is 42.2 Å². The van der Waals surface area contributed by atoms with Gasteiger partial charge in [-0.05, 0) is 48.4 Å². The van der Waals surface area contributed by atoms with Gasteiger partial charge in [-0.25, -0.2) is 9.18 Å². The minimum absolute atomic E-state index is 0.250. The highest BCUT2D eigenvalue weighted by molar-refractivity contribution is 6.32. The molecule has 0 bridgehead atoms. The predicted octanol–water partition coefficient (Wildman–Crippen LogP) is 5.16. The standard InChI is InChI=1S/C17H12Cl2FNO2/c1-9-4-16-12(7-13(9)19)10(5-17(22)23-16)8-21-15-3-2-11(18)6-14(15)20/h2-7,21H,8H2,1H3. The van der Waals surface area contributed by atoms with E-state index in [1.54, 1.807) is 24.3 Å². The number of fused-ring (bicyclic) bond motifs is 1. The van der Waals surface area contributed by atoms with E-state index in [2.05, 4.69) is 5.32 Å². The highest BCUT2D eigenvalue weighted by Crippen LogP contribution is 2.26. The van der Waals surface area contributed by atoms with Crippen LogP contribution in [0.25, 0.3) is 11.0 Å². The number of nitrogens with one attached hydrogen (secondary N) is 1. The van der Waals surface area contributed by atoms with Crippen LogP contribution in [0.3, 0.4) is 0 Å². The molecule has 118 valence electrons. The quantitative estimate of drug-likeness (QED) is 0.662. The third-order valence-electron chi connectivity index (χ3n) is 3.51. The average molecular weight is 352 g/mol. The molecular formula is C17H12Cl2FNO2. The Morgan fingerprint density at radius 1 is 1.17 bits per heavy atom. The van der Waals surface area contributed by atoms with E-state index >= 15 is 0 Å². The molecule has 0 fully saturated rings. The molecule has 1 heterocycles. The monoisotopic (exact) mass is 351 g/mol. The Morgan fingerprint density at radius 2 is 1.96 bits per heavy atom. The Hall–Kier alpha value is -2.04. The predicted molar refractivity (Wildman–Crippen MR) is 91.0 cm³/mol. The lowest BCUT2D eigenvalue weighted by atomic mass is 10.1. The van der Waals surface area contributed by atoms with E-state index in [9.17, 15) is 9.18 Å². The molecule has 0 saturated heterocycles. The van der Waals surface area contributed by atoms with E-state index in [1.807, 2.05) is 6.92 Å². The van der Waals surface area contributed by atoms with E-state index in [-0.39, 0.29) is 6.54 Å². The van der Waals surface area contributed by atoms with Crippen molar-refractivity contribution in [1.82, 2.24) is 0 Å². The van der Waals surface area contributed by atoms with Crippen molar-refractivity contribution in [2.45, 2.75) is 13.5 Å². The molecule has 1 aromatic heterocycles. The van der Waals surface area contributed by atoms with Gasteiger partial charge in [-0.3, -0.25) is 0 Å². The van der Waals surface area contributed by atoms with Gasteiger partial charge in [-0.15, -0.1) is 0 Å². The zero-order valence-electron chi connectivity index (χ0n) is 12.1. The largest absolute Gasteiger partial charge is 0.423 e. The fourth-order valence-corrected chi connectivity index (χ4v) is 2.64. The molecule has 3 rings (SSSR count). The van der Waals surface area contributed by atoms with Crippen molar-refractivity contribution < 1.29 is 8.81 Å². The second kappa shape index (κ2) is 6.22. The van der Waals surface area contributed by atoms with Crippen molar-refractivity contribution in [3.63, 3.8) is 0 Å². The number of halogens is 3. The maximum atomic E-state index is 13.8. The van der Waals surface area contributed by atoms with Crippen molar-refractivity contribution in [1.29, 1.82) is 0 Å². The van der Waals surface area contributed by atoms with Crippen LogP contribution in [0, 0.1) is 12.7 Å². The molecule has 0 aliphatic heterocycles. The number of rotatable bonds is 3. The van der Waals surface area contributed by atoms with Gasteiger partial charge in [0.05, 0.1) is 5.69 Å². The SMILES string of the molecule is Cc1cc2oc(=O)cc(CNc3ccc(Cl)cc3F)c2cc1Cl. The second-order valence-corrected chi connectivity index (χ2v) is 6.01. The Kier molecular flexibility index (Phi) is 4.28. The second-order valence-electron chi connectivity index (χ2n) is 5.17. The number of anilines is 1. The summed E-state index contributed by atoms with van der Waals surface area (Å²) in [5.41, 5.74) is 1.78. The molecule has 0 aliphatic carbocycles. The van der Waals surface area contributed by atoms with Crippen LogP contribution in [0.1, 0.15) is 11.1 Å². The summed E-state index contributed by atoms with van der Waals surface area (Å²) in [6.07, 6.45) is 0.